The third-order valence-electron chi connectivity index (χ3n) is 6.43. The van der Waals surface area contributed by atoms with Gasteiger partial charge in [0.05, 0.1) is 44.2 Å². The normalized spacial score (nSPS) is 31.2. The maximum absolute atomic E-state index is 13.0. The molecule has 4 aliphatic rings. The lowest BCUT2D eigenvalue weighted by molar-refractivity contribution is 0.0178. The van der Waals surface area contributed by atoms with E-state index in [0.29, 0.717) is 17.8 Å². The Labute approximate surface area is 168 Å². The molecule has 1 saturated carbocycles. The molecule has 0 radical (unpaired) electrons. The van der Waals surface area contributed by atoms with Crippen molar-refractivity contribution in [2.24, 2.45) is 0 Å². The molecule has 0 spiro atoms. The molecular formula is C20H25N3O6. The molecule has 0 bridgehead atoms. The van der Waals surface area contributed by atoms with Crippen LogP contribution in [0.3, 0.4) is 0 Å². The molecule has 2 N–H and O–H groups in total. The average molecular weight is 403 g/mol. The second-order valence-corrected chi connectivity index (χ2v) is 8.15. The van der Waals surface area contributed by atoms with Gasteiger partial charge in [0.15, 0.2) is 0 Å². The van der Waals surface area contributed by atoms with Crippen molar-refractivity contribution < 1.29 is 28.9 Å². The molecule has 2 saturated heterocycles. The lowest BCUT2D eigenvalue weighted by Crippen LogP contribution is -2.44. The van der Waals surface area contributed by atoms with E-state index in [-0.39, 0.29) is 48.8 Å². The van der Waals surface area contributed by atoms with Crippen LogP contribution < -0.4 is 10.1 Å². The van der Waals surface area contributed by atoms with Gasteiger partial charge in [0.25, 0.3) is 11.8 Å². The van der Waals surface area contributed by atoms with Gasteiger partial charge in [-0.2, -0.15) is 0 Å². The van der Waals surface area contributed by atoms with Crippen molar-refractivity contribution in [3.8, 4) is 5.88 Å². The number of nitrogens with zero attached hydrogens (tertiary/aromatic N) is 2. The number of carbonyl (C=O) groups is 2. The van der Waals surface area contributed by atoms with Crippen molar-refractivity contribution in [1.82, 2.24) is 15.2 Å². The van der Waals surface area contributed by atoms with Crippen LogP contribution in [0.1, 0.15) is 52.1 Å². The molecule has 2 amide bonds. The van der Waals surface area contributed by atoms with Crippen molar-refractivity contribution in [2.45, 2.75) is 62.6 Å². The van der Waals surface area contributed by atoms with Crippen LogP contribution in [0.5, 0.6) is 5.88 Å². The first-order chi connectivity index (χ1) is 14.1. The standard InChI is InChI=1S/C20H25N3O6/c1-27-19-12(18(25)21-14-8-28-17-15(24)9-29-16(14)17)6-11-13(22-19)7-23(20(11)26)10-4-2-3-5-10/h6,10,14-17,24H,2-5,7-9H2,1H3,(H,21,25)/t14-,15-,16-,17-/m1/s1. The van der Waals surface area contributed by atoms with E-state index in [1.54, 1.807) is 6.07 Å². The van der Waals surface area contributed by atoms with Crippen LogP contribution in [-0.2, 0) is 16.0 Å². The Bertz CT molecular complexity index is 840. The topological polar surface area (TPSA) is 110 Å². The number of carbonyl (C=O) groups excluding carboxylic acids is 2. The molecule has 9 heteroatoms. The van der Waals surface area contributed by atoms with Crippen LogP contribution in [0.4, 0.5) is 0 Å². The number of ether oxygens (including phenoxy) is 3. The van der Waals surface area contributed by atoms with E-state index in [9.17, 15) is 14.7 Å². The molecule has 3 aliphatic heterocycles. The molecule has 4 atom stereocenters. The van der Waals surface area contributed by atoms with Gasteiger partial charge in [-0.15, -0.1) is 0 Å². The van der Waals surface area contributed by atoms with Gasteiger partial charge in [-0.3, -0.25) is 9.59 Å². The summed E-state index contributed by atoms with van der Waals surface area (Å²) in [6, 6.07) is 1.46. The minimum absolute atomic E-state index is 0.0670. The largest absolute Gasteiger partial charge is 0.480 e. The summed E-state index contributed by atoms with van der Waals surface area (Å²) in [6.45, 7) is 0.910. The summed E-state index contributed by atoms with van der Waals surface area (Å²) in [4.78, 5) is 32.2. The van der Waals surface area contributed by atoms with Crippen LogP contribution >= 0.6 is 0 Å². The number of hydrogen-bond acceptors (Lipinski definition) is 7. The smallest absolute Gasteiger partial charge is 0.257 e. The first kappa shape index (κ1) is 18.8. The number of rotatable bonds is 4. The molecular weight excluding hydrogens is 378 g/mol. The van der Waals surface area contributed by atoms with Gasteiger partial charge in [-0.05, 0) is 18.9 Å². The van der Waals surface area contributed by atoms with Crippen LogP contribution in [0, 0.1) is 0 Å². The minimum atomic E-state index is -0.683. The highest BCUT2D eigenvalue weighted by molar-refractivity contribution is 6.03. The molecule has 156 valence electrons. The number of amides is 2. The van der Waals surface area contributed by atoms with E-state index in [1.807, 2.05) is 4.90 Å². The number of methoxy groups -OCH3 is 1. The van der Waals surface area contributed by atoms with Crippen molar-refractivity contribution in [3.05, 3.63) is 22.9 Å². The highest BCUT2D eigenvalue weighted by Gasteiger charge is 2.48. The SMILES string of the molecule is COc1nc2c(cc1C(=O)N[C@@H]1CO[C@H]3[C@@H]1OC[C@H]3O)C(=O)N(C1CCCC1)C2. The van der Waals surface area contributed by atoms with Gasteiger partial charge in [-0.1, -0.05) is 12.8 Å². The highest BCUT2D eigenvalue weighted by Crippen LogP contribution is 2.33. The van der Waals surface area contributed by atoms with Crippen molar-refractivity contribution >= 4 is 11.8 Å². The summed E-state index contributed by atoms with van der Waals surface area (Å²) < 4.78 is 16.5. The fourth-order valence-corrected chi connectivity index (χ4v) is 4.90. The number of fused-ring (bicyclic) bond motifs is 2. The van der Waals surface area contributed by atoms with Crippen molar-refractivity contribution in [2.75, 3.05) is 20.3 Å². The van der Waals surface area contributed by atoms with Crippen molar-refractivity contribution in [3.63, 3.8) is 0 Å². The van der Waals surface area contributed by atoms with Crippen LogP contribution in [0.2, 0.25) is 0 Å². The summed E-state index contributed by atoms with van der Waals surface area (Å²) in [5.74, 6) is -0.267. The summed E-state index contributed by atoms with van der Waals surface area (Å²) in [7, 11) is 1.46. The zero-order valence-corrected chi connectivity index (χ0v) is 16.3. The molecule has 0 unspecified atom stereocenters. The maximum atomic E-state index is 13.0. The molecule has 5 rings (SSSR count). The monoisotopic (exact) mass is 403 g/mol. The molecule has 0 aromatic carbocycles. The first-order valence-electron chi connectivity index (χ1n) is 10.2. The van der Waals surface area contributed by atoms with E-state index in [0.717, 1.165) is 25.7 Å². The third kappa shape index (κ3) is 3.08. The van der Waals surface area contributed by atoms with Gasteiger partial charge in [-0.25, -0.2) is 4.98 Å². The second-order valence-electron chi connectivity index (χ2n) is 8.15. The summed E-state index contributed by atoms with van der Waals surface area (Å²) in [6.07, 6.45) is 2.80. The first-order valence-corrected chi connectivity index (χ1v) is 10.2. The molecule has 3 fully saturated rings. The predicted molar refractivity (Wildman–Crippen MR) is 99.7 cm³/mol. The molecule has 1 aromatic heterocycles. The summed E-state index contributed by atoms with van der Waals surface area (Å²) in [5.41, 5.74) is 1.34. The molecule has 1 aromatic rings. The number of aromatic nitrogens is 1. The average Bonchev–Trinajstić information content (AvgIpc) is 3.49. The van der Waals surface area contributed by atoms with Gasteiger partial charge < -0.3 is 29.5 Å². The van der Waals surface area contributed by atoms with Gasteiger partial charge in [0.1, 0.15) is 23.9 Å². The summed E-state index contributed by atoms with van der Waals surface area (Å²) >= 11 is 0. The van der Waals surface area contributed by atoms with E-state index >= 15 is 0 Å². The molecule has 29 heavy (non-hydrogen) atoms. The number of aliphatic hydroxyl groups is 1. The second kappa shape index (κ2) is 7.23. The number of nitrogens with one attached hydrogen (secondary N) is 1. The molecule has 1 aliphatic carbocycles. The Morgan fingerprint density at radius 3 is 2.79 bits per heavy atom. The van der Waals surface area contributed by atoms with E-state index in [1.165, 1.54) is 7.11 Å². The number of hydrogen-bond donors (Lipinski definition) is 2. The van der Waals surface area contributed by atoms with Crippen molar-refractivity contribution in [1.29, 1.82) is 0 Å². The van der Waals surface area contributed by atoms with E-state index in [2.05, 4.69) is 10.3 Å². The maximum Gasteiger partial charge on any atom is 0.257 e. The number of pyridine rings is 1. The lowest BCUT2D eigenvalue weighted by atomic mass is 10.1. The zero-order valence-electron chi connectivity index (χ0n) is 16.3. The third-order valence-corrected chi connectivity index (χ3v) is 6.43. The molecule has 4 heterocycles. The summed E-state index contributed by atoms with van der Waals surface area (Å²) in [5, 5.41) is 12.8. The number of aliphatic hydroxyl groups excluding tert-OH is 1. The van der Waals surface area contributed by atoms with Crippen LogP contribution in [0.15, 0.2) is 6.07 Å². The Morgan fingerprint density at radius 1 is 1.28 bits per heavy atom. The fraction of sp³-hybridized carbons (Fsp3) is 0.650. The molecule has 9 nitrogen and oxygen atoms in total. The Balaban J connectivity index is 1.37. The van der Waals surface area contributed by atoms with E-state index in [4.69, 9.17) is 14.2 Å². The van der Waals surface area contributed by atoms with Crippen LogP contribution in [0.25, 0.3) is 0 Å². The van der Waals surface area contributed by atoms with Gasteiger partial charge >= 0.3 is 0 Å². The Hall–Kier alpha value is -2.23. The fourth-order valence-electron chi connectivity index (χ4n) is 4.90. The minimum Gasteiger partial charge on any atom is -0.480 e. The lowest BCUT2D eigenvalue weighted by Gasteiger charge is -2.22. The van der Waals surface area contributed by atoms with Gasteiger partial charge in [0, 0.05) is 6.04 Å². The Kier molecular flexibility index (Phi) is 4.68. The highest BCUT2D eigenvalue weighted by atomic mass is 16.6. The van der Waals surface area contributed by atoms with Crippen LogP contribution in [-0.4, -0.2) is 77.5 Å². The quantitative estimate of drug-likeness (QED) is 0.741. The Morgan fingerprint density at radius 2 is 2.03 bits per heavy atom. The zero-order chi connectivity index (χ0) is 20.1. The van der Waals surface area contributed by atoms with E-state index < -0.39 is 18.1 Å². The predicted octanol–water partition coefficient (Wildman–Crippen LogP) is 0.245. The van der Waals surface area contributed by atoms with Gasteiger partial charge in [0.2, 0.25) is 5.88 Å².